The number of hydrogen-bond donors (Lipinski definition) is 6. The van der Waals surface area contributed by atoms with Crippen molar-refractivity contribution in [2.24, 2.45) is 0 Å². The van der Waals surface area contributed by atoms with Gasteiger partial charge in [-0.3, -0.25) is 14.9 Å². The van der Waals surface area contributed by atoms with Crippen LogP contribution in [-0.2, 0) is 38.3 Å². The van der Waals surface area contributed by atoms with Gasteiger partial charge in [-0.15, -0.1) is 0 Å². The fourth-order valence-electron chi connectivity index (χ4n) is 8.58. The van der Waals surface area contributed by atoms with Gasteiger partial charge in [0.25, 0.3) is 0 Å². The number of phenols is 1. The number of amides is 3. The third kappa shape index (κ3) is 14.3. The van der Waals surface area contributed by atoms with Crippen molar-refractivity contribution in [1.82, 2.24) is 15.6 Å². The number of anilines is 2. The molecule has 0 spiro atoms. The van der Waals surface area contributed by atoms with Crippen molar-refractivity contribution in [3.05, 3.63) is 153 Å². The number of rotatable bonds is 19. The van der Waals surface area contributed by atoms with E-state index in [2.05, 4.69) is 60.1 Å². The number of carbonyl (C=O) groups excluding carboxylic acids is 3. The van der Waals surface area contributed by atoms with Crippen molar-refractivity contribution in [1.29, 1.82) is 0 Å². The van der Waals surface area contributed by atoms with E-state index < -0.39 is 26.6 Å². The number of alkyl carbamates (subject to hydrolysis) is 1. The largest absolute Gasteiger partial charge is 0.506 e. The van der Waals surface area contributed by atoms with Crippen LogP contribution in [0.2, 0.25) is 23.2 Å². The first-order chi connectivity index (χ1) is 34.5. The van der Waals surface area contributed by atoms with Gasteiger partial charge in [0.2, 0.25) is 11.5 Å². The number of hydrogen-bond acceptors (Lipinski definition) is 10. The Kier molecular flexibility index (Phi) is 17.8. The number of phenolic OH excluding ortho intramolecular Hbond substituents is 1. The van der Waals surface area contributed by atoms with Gasteiger partial charge >= 0.3 is 12.2 Å². The van der Waals surface area contributed by atoms with Crippen LogP contribution in [0, 0.1) is 0 Å². The SMILES string of the molecule is COc1cc(NC(=O)CCCc2ccc(-c3ccccc3)c(NC(=O)O[C@H]3CC[C@H](NC(=O)OCc4ccccc4)CC3)c2)c(Cl)cc1CNCC(O[Si](C)(C)C(C)(C)C)c1ccc(O)c2[nH]c(=O)ccc12. The lowest BCUT2D eigenvalue weighted by molar-refractivity contribution is -0.116. The minimum absolute atomic E-state index is 0.0174. The summed E-state index contributed by atoms with van der Waals surface area (Å²) in [7, 11) is -0.741. The zero-order valence-electron chi connectivity index (χ0n) is 41.9. The average Bonchev–Trinajstić information content (AvgIpc) is 3.35. The summed E-state index contributed by atoms with van der Waals surface area (Å²) >= 11 is 6.80. The molecule has 1 aliphatic rings. The number of aryl methyl sites for hydroxylation is 1. The van der Waals surface area contributed by atoms with Gasteiger partial charge in [0.15, 0.2) is 8.32 Å². The minimum atomic E-state index is -2.31. The number of aromatic amines is 1. The summed E-state index contributed by atoms with van der Waals surface area (Å²) in [5.41, 5.74) is 6.30. The maximum Gasteiger partial charge on any atom is 0.411 e. The molecule has 0 saturated heterocycles. The maximum absolute atomic E-state index is 13.4. The second kappa shape index (κ2) is 24.2. The zero-order chi connectivity index (χ0) is 51.4. The van der Waals surface area contributed by atoms with Gasteiger partial charge in [-0.2, -0.15) is 0 Å². The molecule has 6 aromatic rings. The molecule has 1 aliphatic carbocycles. The lowest BCUT2D eigenvalue weighted by Gasteiger charge is -2.39. The topological polar surface area (TPSA) is 189 Å². The van der Waals surface area contributed by atoms with Crippen LogP contribution < -0.4 is 31.6 Å². The van der Waals surface area contributed by atoms with Crippen LogP contribution in [0.3, 0.4) is 0 Å². The molecule has 72 heavy (non-hydrogen) atoms. The standard InChI is InChI=1S/C56H66ClN5O9Si/c1-56(2,3)72(5,6)71-50(43-26-28-48(63)53-44(43)27-29-52(65)62-53)34-58-33-39-31-45(57)47(32-49(39)68-4)60-51(64)19-13-16-36-20-25-42(38-17-11-8-12-18-38)46(30-36)61-55(67)70-41-23-21-40(22-24-41)59-54(66)69-35-37-14-9-7-10-15-37/h7-12,14-15,17-18,20,25-32,40-41,50,58,63H,13,16,19,21-24,33-35H2,1-6H3,(H,59,66)(H,60,64)(H,61,67)(H,62,65)/t40-,41-,50?. The van der Waals surface area contributed by atoms with Crippen molar-refractivity contribution in [3.63, 3.8) is 0 Å². The first kappa shape index (κ1) is 53.2. The molecule has 0 aliphatic heterocycles. The molecule has 1 saturated carbocycles. The number of carbonyl (C=O) groups is 3. The molecule has 3 amide bonds. The van der Waals surface area contributed by atoms with Crippen LogP contribution in [0.4, 0.5) is 21.0 Å². The lowest BCUT2D eigenvalue weighted by Crippen LogP contribution is -2.43. The number of nitrogens with one attached hydrogen (secondary N) is 5. The molecule has 1 aromatic heterocycles. The Morgan fingerprint density at radius 1 is 0.833 bits per heavy atom. The number of pyridine rings is 1. The Hall–Kier alpha value is -6.65. The first-order valence-electron chi connectivity index (χ1n) is 24.5. The van der Waals surface area contributed by atoms with E-state index in [0.29, 0.717) is 84.7 Å². The van der Waals surface area contributed by atoms with E-state index >= 15 is 0 Å². The van der Waals surface area contributed by atoms with Gasteiger partial charge in [0, 0.05) is 54.2 Å². The van der Waals surface area contributed by atoms with Crippen LogP contribution in [0.25, 0.3) is 22.0 Å². The van der Waals surface area contributed by atoms with Gasteiger partial charge in [-0.1, -0.05) is 111 Å². The van der Waals surface area contributed by atoms with E-state index in [1.54, 1.807) is 31.4 Å². The number of benzene rings is 5. The summed E-state index contributed by atoms with van der Waals surface area (Å²) in [6, 6.07) is 35.2. The number of ether oxygens (including phenoxy) is 3. The second-order valence-electron chi connectivity index (χ2n) is 19.8. The monoisotopic (exact) mass is 1020 g/mol. The van der Waals surface area contributed by atoms with Gasteiger partial charge in [-0.25, -0.2) is 9.59 Å². The van der Waals surface area contributed by atoms with E-state index in [1.165, 1.54) is 6.07 Å². The quantitative estimate of drug-likeness (QED) is 0.0426. The highest BCUT2D eigenvalue weighted by Gasteiger charge is 2.40. The minimum Gasteiger partial charge on any atom is -0.506 e. The fourth-order valence-corrected chi connectivity index (χ4v) is 10.1. The van der Waals surface area contributed by atoms with E-state index in [1.807, 2.05) is 84.9 Å². The summed E-state index contributed by atoms with van der Waals surface area (Å²) in [6.07, 6.45) is 2.08. The van der Waals surface area contributed by atoms with Crippen molar-refractivity contribution in [2.75, 3.05) is 24.3 Å². The highest BCUT2D eigenvalue weighted by molar-refractivity contribution is 6.74. The Balaban J connectivity index is 0.928. The number of H-pyrrole nitrogens is 1. The Bertz CT molecular complexity index is 2880. The summed E-state index contributed by atoms with van der Waals surface area (Å²) in [6.45, 7) is 11.9. The van der Waals surface area contributed by atoms with Gasteiger partial charge in [0.05, 0.1) is 35.1 Å². The number of aromatic nitrogens is 1. The predicted octanol–water partition coefficient (Wildman–Crippen LogP) is 12.2. The maximum atomic E-state index is 13.4. The molecule has 380 valence electrons. The normalized spacial score (nSPS) is 15.3. The Morgan fingerprint density at radius 2 is 1.56 bits per heavy atom. The Labute approximate surface area is 427 Å². The second-order valence-corrected chi connectivity index (χ2v) is 24.9. The average molecular weight is 1020 g/mol. The molecular formula is C56H66ClN5O9Si. The lowest BCUT2D eigenvalue weighted by atomic mass is 9.93. The van der Waals surface area contributed by atoms with Crippen LogP contribution in [0.1, 0.15) is 87.7 Å². The third-order valence-electron chi connectivity index (χ3n) is 13.5. The van der Waals surface area contributed by atoms with Crippen LogP contribution in [-0.4, -0.2) is 62.3 Å². The molecule has 16 heteroatoms. The van der Waals surface area contributed by atoms with Gasteiger partial charge < -0.3 is 44.7 Å². The van der Waals surface area contributed by atoms with Crippen LogP contribution >= 0.6 is 11.6 Å². The van der Waals surface area contributed by atoms with E-state index in [-0.39, 0.29) is 47.4 Å². The molecule has 1 fully saturated rings. The summed E-state index contributed by atoms with van der Waals surface area (Å²) in [4.78, 5) is 54.1. The molecule has 5 aromatic carbocycles. The number of methoxy groups -OCH3 is 1. The molecule has 0 radical (unpaired) electrons. The molecule has 14 nitrogen and oxygen atoms in total. The highest BCUT2D eigenvalue weighted by Crippen LogP contribution is 2.41. The molecule has 1 atom stereocenters. The van der Waals surface area contributed by atoms with Crippen LogP contribution in [0.15, 0.2) is 120 Å². The summed E-state index contributed by atoms with van der Waals surface area (Å²) in [5, 5.41) is 24.0. The molecule has 6 N–H and O–H groups in total. The first-order valence-corrected chi connectivity index (χ1v) is 27.8. The van der Waals surface area contributed by atoms with Gasteiger partial charge in [-0.05, 0) is 103 Å². The smallest absolute Gasteiger partial charge is 0.411 e. The van der Waals surface area contributed by atoms with Crippen LogP contribution in [0.5, 0.6) is 11.5 Å². The Morgan fingerprint density at radius 3 is 2.26 bits per heavy atom. The number of aromatic hydroxyl groups is 1. The van der Waals surface area contributed by atoms with Crippen molar-refractivity contribution >= 4 is 60.3 Å². The number of halogens is 1. The molecule has 7 rings (SSSR count). The van der Waals surface area contributed by atoms with E-state index in [9.17, 15) is 24.3 Å². The third-order valence-corrected chi connectivity index (χ3v) is 18.3. The van der Waals surface area contributed by atoms with Crippen molar-refractivity contribution in [2.45, 2.75) is 115 Å². The number of fused-ring (bicyclic) bond motifs is 1. The van der Waals surface area contributed by atoms with Crippen molar-refractivity contribution in [3.8, 4) is 22.6 Å². The summed E-state index contributed by atoms with van der Waals surface area (Å²) in [5.74, 6) is 0.307. The molecule has 1 heterocycles. The zero-order valence-corrected chi connectivity index (χ0v) is 43.6. The summed E-state index contributed by atoms with van der Waals surface area (Å²) < 4.78 is 24.0. The van der Waals surface area contributed by atoms with E-state index in [0.717, 1.165) is 33.4 Å². The molecule has 1 unspecified atom stereocenters. The predicted molar refractivity (Wildman–Crippen MR) is 286 cm³/mol. The fraction of sp³-hybridized carbons (Fsp3) is 0.357. The molecular weight excluding hydrogens is 950 g/mol. The van der Waals surface area contributed by atoms with E-state index in [4.69, 9.17) is 30.2 Å². The molecule has 0 bridgehead atoms. The van der Waals surface area contributed by atoms with Crippen molar-refractivity contribution < 1.29 is 38.1 Å². The van der Waals surface area contributed by atoms with Gasteiger partial charge in [0.1, 0.15) is 24.2 Å². The highest BCUT2D eigenvalue weighted by atomic mass is 35.5.